The van der Waals surface area contributed by atoms with Gasteiger partial charge in [0.1, 0.15) is 0 Å². The molecule has 0 saturated carbocycles. The Morgan fingerprint density at radius 2 is 1.89 bits per heavy atom. The van der Waals surface area contributed by atoms with Crippen LogP contribution in [0.3, 0.4) is 0 Å². The third kappa shape index (κ3) is 2.32. The van der Waals surface area contributed by atoms with E-state index in [1.54, 1.807) is 0 Å². The molecule has 0 unspecified atom stereocenters. The molecule has 3 nitrogen and oxygen atoms in total. The van der Waals surface area contributed by atoms with E-state index in [4.69, 9.17) is 4.98 Å². The Balaban J connectivity index is 0.000000408. The van der Waals surface area contributed by atoms with Gasteiger partial charge in [0.2, 0.25) is 0 Å². The highest BCUT2D eigenvalue weighted by molar-refractivity contribution is 5.65. The fourth-order valence-electron chi connectivity index (χ4n) is 3.38. The van der Waals surface area contributed by atoms with Crippen LogP contribution in [0.1, 0.15) is 49.2 Å². The van der Waals surface area contributed by atoms with Crippen LogP contribution in [0, 0.1) is 6.57 Å². The predicted molar refractivity (Wildman–Crippen MR) is 81.4 cm³/mol. The summed E-state index contributed by atoms with van der Waals surface area (Å²) in [5.74, 6) is 0. The van der Waals surface area contributed by atoms with Crippen molar-refractivity contribution in [2.24, 2.45) is 0 Å². The van der Waals surface area contributed by atoms with Gasteiger partial charge in [-0.25, -0.2) is 0 Å². The van der Waals surface area contributed by atoms with Gasteiger partial charge in [0.05, 0.1) is 0 Å². The van der Waals surface area contributed by atoms with E-state index >= 15 is 0 Å². The molecular formula is C16H24N3+. The summed E-state index contributed by atoms with van der Waals surface area (Å²) in [6.07, 6.45) is 6.07. The van der Waals surface area contributed by atoms with Crippen LogP contribution in [-0.2, 0) is 24.7 Å². The predicted octanol–water partition coefficient (Wildman–Crippen LogP) is 3.41. The average molecular weight is 258 g/mol. The zero-order valence-corrected chi connectivity index (χ0v) is 12.5. The van der Waals surface area contributed by atoms with Gasteiger partial charge in [-0.05, 0) is 43.1 Å². The fraction of sp³-hybridized carbons (Fsp3) is 0.625. The van der Waals surface area contributed by atoms with Crippen molar-refractivity contribution >= 4 is 5.69 Å². The van der Waals surface area contributed by atoms with Crippen LogP contribution in [-0.4, -0.2) is 19.1 Å². The van der Waals surface area contributed by atoms with E-state index in [1.807, 2.05) is 0 Å². The largest absolute Gasteiger partial charge is 0.388 e. The molecule has 0 bridgehead atoms. The summed E-state index contributed by atoms with van der Waals surface area (Å²) in [6.45, 7) is 9.17. The number of fused-ring (bicyclic) bond motifs is 2. The number of anilines is 1. The van der Waals surface area contributed by atoms with Crippen molar-refractivity contribution in [1.29, 1.82) is 0 Å². The Morgan fingerprint density at radius 1 is 1.21 bits per heavy atom. The molecule has 1 aromatic rings. The smallest absolute Gasteiger partial charge is 0.257 e. The lowest BCUT2D eigenvalue weighted by molar-refractivity contribution is 0.523. The lowest BCUT2D eigenvalue weighted by atomic mass is 9.85. The van der Waals surface area contributed by atoms with Crippen molar-refractivity contribution in [3.63, 3.8) is 0 Å². The van der Waals surface area contributed by atoms with Gasteiger partial charge in [-0.15, -0.1) is 0 Å². The molecule has 0 radical (unpaired) electrons. The minimum Gasteiger partial charge on any atom is -0.388 e. The molecule has 1 heterocycles. The molecule has 19 heavy (non-hydrogen) atoms. The summed E-state index contributed by atoms with van der Waals surface area (Å²) < 4.78 is 0. The second-order valence-electron chi connectivity index (χ2n) is 5.98. The normalized spacial score (nSPS) is 17.8. The number of hydrogen-bond donors (Lipinski definition) is 1. The minimum absolute atomic E-state index is 0.304. The Bertz CT molecular complexity index is 524. The van der Waals surface area contributed by atoms with E-state index in [-0.39, 0.29) is 0 Å². The molecule has 0 fully saturated rings. The van der Waals surface area contributed by atoms with Gasteiger partial charge in [-0.1, -0.05) is 18.7 Å². The van der Waals surface area contributed by atoms with Gasteiger partial charge in [0.15, 0.2) is 0 Å². The molecule has 0 aliphatic heterocycles. The van der Waals surface area contributed by atoms with Crippen LogP contribution in [0.2, 0.25) is 0 Å². The molecule has 0 amide bonds. The van der Waals surface area contributed by atoms with E-state index in [1.165, 1.54) is 60.9 Å². The molecule has 1 aromatic heterocycles. The Labute approximate surface area is 116 Å². The van der Waals surface area contributed by atoms with Gasteiger partial charge in [0, 0.05) is 29.7 Å². The molecule has 0 spiro atoms. The van der Waals surface area contributed by atoms with Gasteiger partial charge >= 0.3 is 0 Å². The molecule has 2 aliphatic rings. The third-order valence-corrected chi connectivity index (χ3v) is 4.21. The summed E-state index contributed by atoms with van der Waals surface area (Å²) in [5, 5.41) is 3.44. The number of nitrogens with one attached hydrogen (secondary N) is 1. The maximum absolute atomic E-state index is 4.90. The topological polar surface area (TPSA) is 29.3 Å². The van der Waals surface area contributed by atoms with Crippen molar-refractivity contribution in [3.8, 4) is 6.57 Å². The second-order valence-corrected chi connectivity index (χ2v) is 5.98. The number of pyridine rings is 1. The monoisotopic (exact) mass is 258 g/mol. The highest BCUT2D eigenvalue weighted by Gasteiger charge is 2.36. The number of aromatic nitrogens is 1. The first-order valence-electron chi connectivity index (χ1n) is 7.07. The van der Waals surface area contributed by atoms with Crippen molar-refractivity contribution in [1.82, 2.24) is 4.98 Å². The number of nitrogens with zero attached hydrogens (tertiary/aromatic N) is 2. The van der Waals surface area contributed by atoms with E-state index in [0.717, 1.165) is 6.42 Å². The van der Waals surface area contributed by atoms with Crippen LogP contribution in [0.5, 0.6) is 0 Å². The average Bonchev–Trinajstić information content (AvgIpc) is 2.93. The Kier molecular flexibility index (Phi) is 3.80. The highest BCUT2D eigenvalue weighted by atomic mass is 14.9. The zero-order chi connectivity index (χ0) is 14.0. The summed E-state index contributed by atoms with van der Waals surface area (Å²) in [7, 11) is 3.59. The fourth-order valence-corrected chi connectivity index (χ4v) is 3.38. The quantitative estimate of drug-likeness (QED) is 0.836. The van der Waals surface area contributed by atoms with E-state index < -0.39 is 0 Å². The molecule has 1 N–H and O–H groups in total. The number of aryl methyl sites for hydroxylation is 2. The minimum atomic E-state index is 0.304. The van der Waals surface area contributed by atoms with Crippen LogP contribution < -0.4 is 5.32 Å². The lowest BCUT2D eigenvalue weighted by Gasteiger charge is -2.23. The summed E-state index contributed by atoms with van der Waals surface area (Å²) in [6, 6.07) is 0. The maximum atomic E-state index is 4.90. The summed E-state index contributed by atoms with van der Waals surface area (Å²) >= 11 is 0. The van der Waals surface area contributed by atoms with Crippen molar-refractivity contribution in [3.05, 3.63) is 27.4 Å². The molecule has 0 atom stereocenters. The lowest BCUT2D eigenvalue weighted by Crippen LogP contribution is -2.16. The molecule has 2 aliphatic carbocycles. The second kappa shape index (κ2) is 5.21. The maximum Gasteiger partial charge on any atom is 0.257 e. The van der Waals surface area contributed by atoms with E-state index in [0.29, 0.717) is 5.41 Å². The van der Waals surface area contributed by atoms with Crippen molar-refractivity contribution < 1.29 is 0 Å². The number of rotatable bonds is 1. The first-order chi connectivity index (χ1) is 9.05. The SMILES string of the molecule is C#[N+]C.CNc1c2c(nc3c1C(C)(C)CC3)CCC2. The van der Waals surface area contributed by atoms with Crippen LogP contribution >= 0.6 is 0 Å². The van der Waals surface area contributed by atoms with Crippen LogP contribution in [0.4, 0.5) is 5.69 Å². The molecule has 102 valence electrons. The summed E-state index contributed by atoms with van der Waals surface area (Å²) in [4.78, 5) is 7.90. The molecule has 0 aromatic carbocycles. The highest BCUT2D eigenvalue weighted by Crippen LogP contribution is 2.45. The molecule has 0 saturated heterocycles. The molecule has 3 rings (SSSR count). The van der Waals surface area contributed by atoms with Crippen LogP contribution in [0.25, 0.3) is 4.85 Å². The first-order valence-corrected chi connectivity index (χ1v) is 7.07. The zero-order valence-electron chi connectivity index (χ0n) is 12.5. The Hall–Kier alpha value is -1.56. The van der Waals surface area contributed by atoms with Crippen LogP contribution in [0.15, 0.2) is 0 Å². The first kappa shape index (κ1) is 13.9. The van der Waals surface area contributed by atoms with Crippen molar-refractivity contribution in [2.75, 3.05) is 19.4 Å². The number of hydrogen-bond acceptors (Lipinski definition) is 2. The van der Waals surface area contributed by atoms with Crippen molar-refractivity contribution in [2.45, 2.75) is 51.4 Å². The molecule has 3 heteroatoms. The van der Waals surface area contributed by atoms with Gasteiger partial charge in [0.25, 0.3) is 13.6 Å². The van der Waals surface area contributed by atoms with E-state index in [9.17, 15) is 0 Å². The van der Waals surface area contributed by atoms with Gasteiger partial charge in [-0.3, -0.25) is 4.98 Å². The standard InChI is InChI=1S/C14H20N2.C2H4N/c1-14(2)8-7-11-12(14)13(15-3)9-5-4-6-10(9)16-11;1-3-2/h4-8H2,1-3H3,(H,15,16);1H,2H3/q;+1. The molecular weight excluding hydrogens is 234 g/mol. The van der Waals surface area contributed by atoms with E-state index in [2.05, 4.69) is 37.6 Å². The van der Waals surface area contributed by atoms with Gasteiger partial charge < -0.3 is 5.32 Å². The third-order valence-electron chi connectivity index (χ3n) is 4.21. The summed E-state index contributed by atoms with van der Waals surface area (Å²) in [5.41, 5.74) is 7.42. The Morgan fingerprint density at radius 3 is 2.53 bits per heavy atom. The van der Waals surface area contributed by atoms with Gasteiger partial charge in [-0.2, -0.15) is 0 Å².